The second-order valence-electron chi connectivity index (χ2n) is 12.1. The largest absolute Gasteiger partial charge is 0.481 e. The molecule has 0 radical (unpaired) electrons. The molecule has 0 aliphatic heterocycles. The SMILES string of the molecule is CCCCCSC(C)(C)[C@H](NC(C)=O)C(=O)N[C@@H](CCCN=C(N)N)C(=O)NCC(=O)N[C@@H](CC(=O)O)C(=O)N[C@@H](CSCCCC)C(=O)O. The van der Waals surface area contributed by atoms with Gasteiger partial charge in [0.05, 0.1) is 13.0 Å². The molecule has 5 amide bonds. The van der Waals surface area contributed by atoms with Crippen LogP contribution in [0.25, 0.3) is 0 Å². The van der Waals surface area contributed by atoms with E-state index in [-0.39, 0.29) is 31.1 Å². The first-order chi connectivity index (χ1) is 23.4. The van der Waals surface area contributed by atoms with Crippen molar-refractivity contribution < 1.29 is 43.8 Å². The molecule has 0 aromatic heterocycles. The van der Waals surface area contributed by atoms with Crippen LogP contribution in [0.5, 0.6) is 0 Å². The molecule has 0 aromatic carbocycles. The van der Waals surface area contributed by atoms with E-state index in [1.807, 2.05) is 20.8 Å². The van der Waals surface area contributed by atoms with Gasteiger partial charge in [-0.25, -0.2) is 4.79 Å². The number of unbranched alkanes of at least 4 members (excludes halogenated alkanes) is 3. The average molecular weight is 749 g/mol. The molecule has 0 bridgehead atoms. The maximum absolute atomic E-state index is 13.6. The molecule has 0 saturated carbocycles. The minimum Gasteiger partial charge on any atom is -0.481 e. The highest BCUT2D eigenvalue weighted by Gasteiger charge is 2.38. The van der Waals surface area contributed by atoms with Gasteiger partial charge < -0.3 is 48.3 Å². The zero-order valence-corrected chi connectivity index (χ0v) is 31.3. The van der Waals surface area contributed by atoms with Crippen molar-refractivity contribution >= 4 is 71.0 Å². The third kappa shape index (κ3) is 20.7. The molecule has 0 heterocycles. The van der Waals surface area contributed by atoms with E-state index in [2.05, 4.69) is 38.5 Å². The standard InChI is InChI=1S/C31H56N8O9S2/c1-6-8-10-15-50-31(4,5)25(36-19(3)40)28(46)38-20(12-11-13-34-30(32)33)26(44)35-17-23(41)37-21(16-24(42)43)27(45)39-22(29(47)48)18-49-14-9-7-2/h20-22,25H,6-18H2,1-5H3,(H,35,44)(H,36,40)(H,37,41)(H,38,46)(H,39,45)(H,42,43)(H,47,48)(H4,32,33,34)/t20-,21-,22-,25+/m0/s1. The number of hydrogen-bond acceptors (Lipinski definition) is 10. The minimum atomic E-state index is -1.63. The molecule has 17 nitrogen and oxygen atoms in total. The number of aliphatic carboxylic acids is 2. The molecule has 286 valence electrons. The van der Waals surface area contributed by atoms with Crippen LogP contribution in [0.2, 0.25) is 0 Å². The number of carbonyl (C=O) groups excluding carboxylic acids is 5. The molecule has 4 atom stereocenters. The predicted molar refractivity (Wildman–Crippen MR) is 195 cm³/mol. The summed E-state index contributed by atoms with van der Waals surface area (Å²) in [5.74, 6) is -5.24. The zero-order chi connectivity index (χ0) is 38.3. The number of carboxylic acid groups (broad SMARTS) is 2. The Morgan fingerprint density at radius 3 is 1.98 bits per heavy atom. The van der Waals surface area contributed by atoms with E-state index in [9.17, 15) is 43.8 Å². The van der Waals surface area contributed by atoms with Crippen molar-refractivity contribution in [1.29, 1.82) is 0 Å². The van der Waals surface area contributed by atoms with Crippen LogP contribution in [-0.2, 0) is 33.6 Å². The number of nitrogens with two attached hydrogens (primary N) is 2. The molecule has 11 N–H and O–H groups in total. The lowest BCUT2D eigenvalue weighted by Crippen LogP contribution is -2.60. The Hall–Kier alpha value is -3.74. The first-order valence-corrected chi connectivity index (χ1v) is 18.8. The third-order valence-electron chi connectivity index (χ3n) is 7.10. The van der Waals surface area contributed by atoms with Gasteiger partial charge in [-0.15, -0.1) is 0 Å². The van der Waals surface area contributed by atoms with Crippen molar-refractivity contribution in [3.63, 3.8) is 0 Å². The Morgan fingerprint density at radius 1 is 0.780 bits per heavy atom. The first-order valence-electron chi connectivity index (χ1n) is 16.6. The van der Waals surface area contributed by atoms with Crippen molar-refractivity contribution in [3.8, 4) is 0 Å². The van der Waals surface area contributed by atoms with Crippen LogP contribution in [0, 0.1) is 0 Å². The summed E-state index contributed by atoms with van der Waals surface area (Å²) >= 11 is 2.83. The highest BCUT2D eigenvalue weighted by Crippen LogP contribution is 2.30. The lowest BCUT2D eigenvalue weighted by molar-refractivity contribution is -0.143. The van der Waals surface area contributed by atoms with Crippen molar-refractivity contribution in [1.82, 2.24) is 26.6 Å². The van der Waals surface area contributed by atoms with Gasteiger partial charge in [-0.2, -0.15) is 23.5 Å². The van der Waals surface area contributed by atoms with Gasteiger partial charge in [0.25, 0.3) is 0 Å². The number of thioether (sulfide) groups is 2. The summed E-state index contributed by atoms with van der Waals surface area (Å²) < 4.78 is -0.754. The fourth-order valence-electron chi connectivity index (χ4n) is 4.37. The molecular weight excluding hydrogens is 693 g/mol. The minimum absolute atomic E-state index is 0.0404. The molecule has 50 heavy (non-hydrogen) atoms. The summed E-state index contributed by atoms with van der Waals surface area (Å²) in [6.07, 6.45) is 4.15. The summed E-state index contributed by atoms with van der Waals surface area (Å²) in [4.78, 5) is 91.6. The molecule has 0 aliphatic rings. The van der Waals surface area contributed by atoms with E-state index in [1.54, 1.807) is 0 Å². The van der Waals surface area contributed by atoms with Gasteiger partial charge in [-0.3, -0.25) is 33.8 Å². The van der Waals surface area contributed by atoms with Gasteiger partial charge in [0, 0.05) is 24.0 Å². The highest BCUT2D eigenvalue weighted by atomic mass is 32.2. The van der Waals surface area contributed by atoms with Crippen LogP contribution >= 0.6 is 23.5 Å². The van der Waals surface area contributed by atoms with E-state index in [0.717, 1.165) is 37.9 Å². The topological polar surface area (TPSA) is 284 Å². The van der Waals surface area contributed by atoms with Crippen LogP contribution in [0.4, 0.5) is 0 Å². The molecule has 0 spiro atoms. The summed E-state index contributed by atoms with van der Waals surface area (Å²) in [5.41, 5.74) is 10.8. The van der Waals surface area contributed by atoms with Gasteiger partial charge in [-0.05, 0) is 51.0 Å². The normalized spacial score (nSPS) is 13.5. The van der Waals surface area contributed by atoms with Crippen molar-refractivity contribution in [2.24, 2.45) is 16.5 Å². The van der Waals surface area contributed by atoms with Gasteiger partial charge >= 0.3 is 11.9 Å². The van der Waals surface area contributed by atoms with Gasteiger partial charge in [-0.1, -0.05) is 33.1 Å². The summed E-state index contributed by atoms with van der Waals surface area (Å²) in [6.45, 7) is 8.39. The lowest BCUT2D eigenvalue weighted by atomic mass is 10.0. The monoisotopic (exact) mass is 748 g/mol. The number of rotatable bonds is 27. The van der Waals surface area contributed by atoms with E-state index in [4.69, 9.17) is 11.5 Å². The number of carboxylic acids is 2. The Kier molecular flexibility index (Phi) is 23.4. The maximum atomic E-state index is 13.6. The van der Waals surface area contributed by atoms with Crippen molar-refractivity contribution in [2.45, 2.75) is 115 Å². The fourth-order valence-corrected chi connectivity index (χ4v) is 6.70. The number of nitrogens with one attached hydrogen (secondary N) is 5. The van der Waals surface area contributed by atoms with Gasteiger partial charge in [0.15, 0.2) is 5.96 Å². The summed E-state index contributed by atoms with van der Waals surface area (Å²) in [5, 5.41) is 31.0. The molecule has 0 rings (SSSR count). The average Bonchev–Trinajstić information content (AvgIpc) is 3.02. The Bertz CT molecular complexity index is 1170. The number of aliphatic imine (C=N–C) groups is 1. The number of amides is 5. The van der Waals surface area contributed by atoms with Crippen LogP contribution in [0.15, 0.2) is 4.99 Å². The predicted octanol–water partition coefficient (Wildman–Crippen LogP) is -0.0901. The summed E-state index contributed by atoms with van der Waals surface area (Å²) in [7, 11) is 0. The van der Waals surface area contributed by atoms with Crippen molar-refractivity contribution in [2.75, 3.05) is 30.3 Å². The van der Waals surface area contributed by atoms with Gasteiger partial charge in [0.1, 0.15) is 24.2 Å². The van der Waals surface area contributed by atoms with Crippen molar-refractivity contribution in [3.05, 3.63) is 0 Å². The Balaban J connectivity index is 5.77. The summed E-state index contributed by atoms with van der Waals surface area (Å²) in [6, 6.07) is -5.16. The Labute approximate surface area is 302 Å². The maximum Gasteiger partial charge on any atom is 0.327 e. The van der Waals surface area contributed by atoms with E-state index < -0.39 is 83.4 Å². The smallest absolute Gasteiger partial charge is 0.327 e. The second kappa shape index (κ2) is 25.2. The molecule has 0 aliphatic carbocycles. The lowest BCUT2D eigenvalue weighted by Gasteiger charge is -2.34. The van der Waals surface area contributed by atoms with Crippen LogP contribution in [0.3, 0.4) is 0 Å². The van der Waals surface area contributed by atoms with Gasteiger partial charge in [0.2, 0.25) is 29.5 Å². The molecule has 0 aromatic rings. The quantitative estimate of drug-likeness (QED) is 0.0302. The van der Waals surface area contributed by atoms with Crippen LogP contribution in [-0.4, -0.2) is 117 Å². The Morgan fingerprint density at radius 2 is 1.42 bits per heavy atom. The first kappa shape index (κ1) is 46.3. The third-order valence-corrected chi connectivity index (χ3v) is 9.72. The number of guanidine groups is 1. The van der Waals surface area contributed by atoms with E-state index >= 15 is 0 Å². The fraction of sp³-hybridized carbons (Fsp3) is 0.742. The van der Waals surface area contributed by atoms with Crippen LogP contribution < -0.4 is 38.1 Å². The molecule has 0 saturated heterocycles. The van der Waals surface area contributed by atoms with E-state index in [1.165, 1.54) is 30.4 Å². The molecule has 0 unspecified atom stereocenters. The number of carbonyl (C=O) groups is 7. The number of hydrogen-bond donors (Lipinski definition) is 9. The molecule has 0 fully saturated rings. The van der Waals surface area contributed by atoms with Crippen LogP contribution in [0.1, 0.15) is 86.0 Å². The zero-order valence-electron chi connectivity index (χ0n) is 29.7. The highest BCUT2D eigenvalue weighted by molar-refractivity contribution is 8.00. The second-order valence-corrected chi connectivity index (χ2v) is 15.0. The molecular formula is C31H56N8O9S2. The number of nitrogens with zero attached hydrogens (tertiary/aromatic N) is 1. The molecule has 19 heteroatoms. The van der Waals surface area contributed by atoms with E-state index in [0.29, 0.717) is 5.75 Å².